The van der Waals surface area contributed by atoms with Gasteiger partial charge in [0.05, 0.1) is 18.3 Å². The zero-order valence-corrected chi connectivity index (χ0v) is 18.1. The van der Waals surface area contributed by atoms with Gasteiger partial charge in [0.25, 0.3) is 0 Å². The second-order valence-corrected chi connectivity index (χ2v) is 7.63. The largest absolute Gasteiger partial charge is 0.490 e. The third-order valence-corrected chi connectivity index (χ3v) is 5.37. The first-order valence-electron chi connectivity index (χ1n) is 10.9. The number of carbonyl (C=O) groups is 2. The van der Waals surface area contributed by atoms with Crippen molar-refractivity contribution in [2.45, 2.75) is 18.9 Å². The zero-order chi connectivity index (χ0) is 23.0. The molecule has 7 heteroatoms. The van der Waals surface area contributed by atoms with Crippen LogP contribution in [0.3, 0.4) is 0 Å². The molecule has 0 radical (unpaired) electrons. The number of halogens is 1. The number of nitrogens with one attached hydrogen (secondary N) is 1. The fraction of sp³-hybridized carbons (Fsp3) is 0.231. The van der Waals surface area contributed by atoms with E-state index in [0.717, 1.165) is 11.3 Å². The monoisotopic (exact) mass is 448 g/mol. The summed E-state index contributed by atoms with van der Waals surface area (Å²) in [6, 6.07) is 22.3. The number of anilines is 1. The quantitative estimate of drug-likeness (QED) is 0.559. The molecule has 2 amide bonds. The van der Waals surface area contributed by atoms with E-state index in [1.165, 1.54) is 12.1 Å². The van der Waals surface area contributed by atoms with Crippen molar-refractivity contribution < 1.29 is 23.5 Å². The van der Waals surface area contributed by atoms with E-state index in [1.54, 1.807) is 17.0 Å². The molecule has 1 atom stereocenters. The first-order valence-corrected chi connectivity index (χ1v) is 10.9. The molecule has 3 aromatic carbocycles. The summed E-state index contributed by atoms with van der Waals surface area (Å²) in [6.45, 7) is 0.917. The maximum atomic E-state index is 13.9. The van der Waals surface area contributed by atoms with Crippen molar-refractivity contribution in [2.75, 3.05) is 24.7 Å². The van der Waals surface area contributed by atoms with E-state index in [0.29, 0.717) is 18.9 Å². The Hall–Kier alpha value is -3.87. The Morgan fingerprint density at radius 3 is 2.52 bits per heavy atom. The van der Waals surface area contributed by atoms with Crippen LogP contribution >= 0.6 is 0 Å². The minimum atomic E-state index is -0.488. The van der Waals surface area contributed by atoms with Gasteiger partial charge in [-0.05, 0) is 29.8 Å². The van der Waals surface area contributed by atoms with E-state index in [-0.39, 0.29) is 37.0 Å². The molecule has 0 fully saturated rings. The highest BCUT2D eigenvalue weighted by Gasteiger charge is 2.24. The van der Waals surface area contributed by atoms with Gasteiger partial charge in [0, 0.05) is 12.8 Å². The Labute approximate surface area is 191 Å². The average Bonchev–Trinajstić information content (AvgIpc) is 2.86. The summed E-state index contributed by atoms with van der Waals surface area (Å²) >= 11 is 0. The number of nitrogens with zero attached hydrogens (tertiary/aromatic N) is 1. The van der Waals surface area contributed by atoms with Crippen LogP contribution in [0.25, 0.3) is 0 Å². The molecule has 1 N–H and O–H groups in total. The molecule has 0 aromatic heterocycles. The highest BCUT2D eigenvalue weighted by atomic mass is 19.1. The van der Waals surface area contributed by atoms with Crippen molar-refractivity contribution in [3.05, 3.63) is 90.2 Å². The number of ether oxygens (including phenoxy) is 2. The van der Waals surface area contributed by atoms with Crippen LogP contribution in [0.2, 0.25) is 0 Å². The lowest BCUT2D eigenvalue weighted by atomic mass is 10.1. The maximum absolute atomic E-state index is 13.9. The third-order valence-electron chi connectivity index (χ3n) is 5.37. The van der Waals surface area contributed by atoms with Crippen molar-refractivity contribution in [3.63, 3.8) is 0 Å². The number of benzene rings is 3. The lowest BCUT2D eigenvalue weighted by molar-refractivity contribution is -0.126. The fourth-order valence-corrected chi connectivity index (χ4v) is 3.69. The molecule has 170 valence electrons. The molecular weight excluding hydrogens is 423 g/mol. The highest BCUT2D eigenvalue weighted by Crippen LogP contribution is 2.31. The lowest BCUT2D eigenvalue weighted by Crippen LogP contribution is -2.39. The fourth-order valence-electron chi connectivity index (χ4n) is 3.69. The van der Waals surface area contributed by atoms with Crippen molar-refractivity contribution in [2.24, 2.45) is 0 Å². The SMILES string of the molecule is O=C(CCC(=O)N1CCOc2ccccc21)NC(COc1ccccc1F)c1ccccc1. The van der Waals surface area contributed by atoms with Crippen molar-refractivity contribution >= 4 is 17.5 Å². The van der Waals surface area contributed by atoms with Gasteiger partial charge in [0.1, 0.15) is 19.0 Å². The Morgan fingerprint density at radius 2 is 1.70 bits per heavy atom. The van der Waals surface area contributed by atoms with E-state index in [9.17, 15) is 14.0 Å². The minimum Gasteiger partial charge on any atom is -0.490 e. The standard InChI is InChI=1S/C26H25FN2O4/c27-20-10-4-6-12-23(20)33-18-21(19-8-2-1-3-9-19)28-25(30)14-15-26(31)29-16-17-32-24-13-7-5-11-22(24)29/h1-13,21H,14-18H2,(H,28,30). The van der Waals surface area contributed by atoms with Gasteiger partial charge in [0.2, 0.25) is 11.8 Å². The molecule has 1 aliphatic rings. The molecule has 0 aliphatic carbocycles. The molecule has 1 aliphatic heterocycles. The van der Waals surface area contributed by atoms with Gasteiger partial charge in [-0.25, -0.2) is 4.39 Å². The van der Waals surface area contributed by atoms with Gasteiger partial charge < -0.3 is 19.7 Å². The third kappa shape index (κ3) is 5.68. The predicted molar refractivity (Wildman–Crippen MR) is 123 cm³/mol. The molecule has 6 nitrogen and oxygen atoms in total. The van der Waals surface area contributed by atoms with E-state index in [1.807, 2.05) is 54.6 Å². The minimum absolute atomic E-state index is 0.0292. The summed E-state index contributed by atoms with van der Waals surface area (Å²) in [5, 5.41) is 2.92. The van der Waals surface area contributed by atoms with Gasteiger partial charge >= 0.3 is 0 Å². The topological polar surface area (TPSA) is 67.9 Å². The molecule has 1 unspecified atom stereocenters. The van der Waals surface area contributed by atoms with Crippen molar-refractivity contribution in [1.82, 2.24) is 5.32 Å². The molecule has 0 bridgehead atoms. The summed E-state index contributed by atoms with van der Waals surface area (Å²) in [5.74, 6) is -0.104. The molecule has 3 aromatic rings. The molecule has 0 saturated heterocycles. The van der Waals surface area contributed by atoms with Crippen molar-refractivity contribution in [3.8, 4) is 11.5 Å². The number of para-hydroxylation sites is 3. The summed E-state index contributed by atoms with van der Waals surface area (Å²) in [6.07, 6.45) is 0.0945. The van der Waals surface area contributed by atoms with Crippen LogP contribution in [-0.4, -0.2) is 31.6 Å². The Bertz CT molecular complexity index is 1110. The molecule has 4 rings (SSSR count). The van der Waals surface area contributed by atoms with Crippen molar-refractivity contribution in [1.29, 1.82) is 0 Å². The van der Waals surface area contributed by atoms with Gasteiger partial charge in [-0.15, -0.1) is 0 Å². The number of rotatable bonds is 8. The number of hydrogen-bond donors (Lipinski definition) is 1. The number of carbonyl (C=O) groups excluding carboxylic acids is 2. The maximum Gasteiger partial charge on any atom is 0.227 e. The zero-order valence-electron chi connectivity index (χ0n) is 18.1. The molecular formula is C26H25FN2O4. The van der Waals surface area contributed by atoms with Crippen LogP contribution in [0.5, 0.6) is 11.5 Å². The first kappa shape index (κ1) is 22.3. The lowest BCUT2D eigenvalue weighted by Gasteiger charge is -2.29. The first-order chi connectivity index (χ1) is 16.1. The molecule has 33 heavy (non-hydrogen) atoms. The average molecular weight is 448 g/mol. The van der Waals surface area contributed by atoms with Crippen LogP contribution in [0.15, 0.2) is 78.9 Å². The van der Waals surface area contributed by atoms with E-state index in [2.05, 4.69) is 5.32 Å². The van der Waals surface area contributed by atoms with E-state index < -0.39 is 11.9 Å². The Kier molecular flexibility index (Phi) is 7.19. The van der Waals surface area contributed by atoms with Gasteiger partial charge in [-0.3, -0.25) is 9.59 Å². The Morgan fingerprint density at radius 1 is 0.970 bits per heavy atom. The molecule has 1 heterocycles. The van der Waals surface area contributed by atoms with E-state index in [4.69, 9.17) is 9.47 Å². The van der Waals surface area contributed by atoms with Crippen LogP contribution in [0.1, 0.15) is 24.4 Å². The Balaban J connectivity index is 1.37. The number of fused-ring (bicyclic) bond motifs is 1. The molecule has 0 saturated carbocycles. The normalized spacial score (nSPS) is 13.4. The summed E-state index contributed by atoms with van der Waals surface area (Å²) in [5.41, 5.74) is 1.55. The van der Waals surface area contributed by atoms with Gasteiger partial charge in [-0.2, -0.15) is 0 Å². The number of amides is 2. The van der Waals surface area contributed by atoms with E-state index >= 15 is 0 Å². The van der Waals surface area contributed by atoms with Crippen LogP contribution in [0.4, 0.5) is 10.1 Å². The smallest absolute Gasteiger partial charge is 0.227 e. The van der Waals surface area contributed by atoms with Gasteiger partial charge in [-0.1, -0.05) is 54.6 Å². The predicted octanol–water partition coefficient (Wildman–Crippen LogP) is 4.27. The second-order valence-electron chi connectivity index (χ2n) is 7.63. The van der Waals surface area contributed by atoms with Crippen LogP contribution in [0, 0.1) is 5.82 Å². The molecule has 0 spiro atoms. The summed E-state index contributed by atoms with van der Waals surface area (Å²) < 4.78 is 25.2. The van der Waals surface area contributed by atoms with Crippen LogP contribution in [-0.2, 0) is 9.59 Å². The summed E-state index contributed by atoms with van der Waals surface area (Å²) in [7, 11) is 0. The van der Waals surface area contributed by atoms with Gasteiger partial charge in [0.15, 0.2) is 11.6 Å². The highest BCUT2D eigenvalue weighted by molar-refractivity contribution is 5.97. The van der Waals surface area contributed by atoms with Crippen LogP contribution < -0.4 is 19.7 Å². The number of hydrogen-bond acceptors (Lipinski definition) is 4. The summed E-state index contributed by atoms with van der Waals surface area (Å²) in [4.78, 5) is 27.1. The second kappa shape index (κ2) is 10.6.